The van der Waals surface area contributed by atoms with Crippen molar-refractivity contribution in [3.63, 3.8) is 0 Å². The summed E-state index contributed by atoms with van der Waals surface area (Å²) in [5.41, 5.74) is 0.259. The molecule has 1 saturated heterocycles. The van der Waals surface area contributed by atoms with Crippen LogP contribution in [0.25, 0.3) is 0 Å². The first kappa shape index (κ1) is 18.1. The molecule has 0 unspecified atom stereocenters. The lowest BCUT2D eigenvalue weighted by molar-refractivity contribution is -0.274. The molecule has 1 atom stereocenters. The van der Waals surface area contributed by atoms with Gasteiger partial charge in [0.15, 0.2) is 0 Å². The lowest BCUT2D eigenvalue weighted by Crippen LogP contribution is -2.56. The molecule has 0 spiro atoms. The molecule has 1 aromatic carbocycles. The number of amides is 3. The Morgan fingerprint density at radius 2 is 2.00 bits per heavy atom. The fourth-order valence-corrected chi connectivity index (χ4v) is 2.43. The first-order valence-corrected chi connectivity index (χ1v) is 7.23. The smallest absolute Gasteiger partial charge is 0.406 e. The van der Waals surface area contributed by atoms with E-state index in [1.165, 1.54) is 25.3 Å². The van der Waals surface area contributed by atoms with E-state index in [0.717, 1.165) is 4.90 Å². The van der Waals surface area contributed by atoms with Crippen molar-refractivity contribution in [2.45, 2.75) is 25.2 Å². The van der Waals surface area contributed by atoms with Crippen LogP contribution >= 0.6 is 0 Å². The number of methoxy groups -OCH3 is 1. The van der Waals surface area contributed by atoms with Gasteiger partial charge >= 0.3 is 12.4 Å². The SMILES string of the molecule is COC[C@H]1CC(=O)N(CCc2ccccc2OC(F)(F)F)C(=O)N1. The standard InChI is InChI=1S/C15H17F3N2O4/c1-23-9-11-8-13(21)20(14(22)19-11)7-6-10-4-2-3-5-12(10)24-15(16,17)18/h2-5,11H,6-9H2,1H3,(H,19,22)/t11-/m1/s1. The maximum Gasteiger partial charge on any atom is 0.573 e. The Morgan fingerprint density at radius 3 is 2.62 bits per heavy atom. The molecule has 1 heterocycles. The number of ether oxygens (including phenoxy) is 2. The Kier molecular flexibility index (Phi) is 5.66. The van der Waals surface area contributed by atoms with Crippen LogP contribution in [-0.4, -0.2) is 49.5 Å². The fourth-order valence-electron chi connectivity index (χ4n) is 2.43. The van der Waals surface area contributed by atoms with Gasteiger partial charge in [-0.25, -0.2) is 4.79 Å². The molecule has 0 bridgehead atoms. The maximum atomic E-state index is 12.4. The highest BCUT2D eigenvalue weighted by Crippen LogP contribution is 2.26. The number of hydrogen-bond acceptors (Lipinski definition) is 4. The molecule has 1 aliphatic heterocycles. The van der Waals surface area contributed by atoms with Crippen LogP contribution in [0.15, 0.2) is 24.3 Å². The molecule has 2 rings (SSSR count). The van der Waals surface area contributed by atoms with Crippen molar-refractivity contribution >= 4 is 11.9 Å². The molecule has 132 valence electrons. The summed E-state index contributed by atoms with van der Waals surface area (Å²) in [7, 11) is 1.46. The van der Waals surface area contributed by atoms with Crippen LogP contribution in [-0.2, 0) is 16.0 Å². The van der Waals surface area contributed by atoms with Gasteiger partial charge in [-0.3, -0.25) is 9.69 Å². The molecule has 3 amide bonds. The summed E-state index contributed by atoms with van der Waals surface area (Å²) in [6.07, 6.45) is -4.66. The van der Waals surface area contributed by atoms with Gasteiger partial charge in [-0.05, 0) is 18.1 Å². The highest BCUT2D eigenvalue weighted by atomic mass is 19.4. The van der Waals surface area contributed by atoms with E-state index < -0.39 is 24.3 Å². The number of nitrogens with one attached hydrogen (secondary N) is 1. The van der Waals surface area contributed by atoms with E-state index in [4.69, 9.17) is 4.74 Å². The van der Waals surface area contributed by atoms with Crippen LogP contribution in [0.1, 0.15) is 12.0 Å². The Balaban J connectivity index is 2.01. The van der Waals surface area contributed by atoms with Crippen molar-refractivity contribution < 1.29 is 32.2 Å². The summed E-state index contributed by atoms with van der Waals surface area (Å²) in [6.45, 7) is 0.177. The summed E-state index contributed by atoms with van der Waals surface area (Å²) in [4.78, 5) is 25.0. The molecule has 0 aliphatic carbocycles. The van der Waals surface area contributed by atoms with Crippen LogP contribution in [0.2, 0.25) is 0 Å². The fraction of sp³-hybridized carbons (Fsp3) is 0.467. The Bertz CT molecular complexity index is 589. The molecule has 9 heteroatoms. The van der Waals surface area contributed by atoms with Gasteiger partial charge < -0.3 is 14.8 Å². The lowest BCUT2D eigenvalue weighted by Gasteiger charge is -2.31. The van der Waals surface area contributed by atoms with Crippen LogP contribution in [0.3, 0.4) is 0 Å². The molecule has 1 aliphatic rings. The zero-order valence-corrected chi connectivity index (χ0v) is 12.9. The van der Waals surface area contributed by atoms with Gasteiger partial charge in [0.2, 0.25) is 5.91 Å². The number of benzene rings is 1. The molecule has 24 heavy (non-hydrogen) atoms. The van der Waals surface area contributed by atoms with E-state index >= 15 is 0 Å². The minimum Gasteiger partial charge on any atom is -0.406 e. The summed E-state index contributed by atoms with van der Waals surface area (Å²) in [5, 5.41) is 2.62. The predicted molar refractivity (Wildman–Crippen MR) is 77.4 cm³/mol. The van der Waals surface area contributed by atoms with E-state index in [1.807, 2.05) is 0 Å². The van der Waals surface area contributed by atoms with E-state index in [9.17, 15) is 22.8 Å². The van der Waals surface area contributed by atoms with Crippen LogP contribution < -0.4 is 10.1 Å². The average molecular weight is 346 g/mol. The van der Waals surface area contributed by atoms with E-state index in [1.54, 1.807) is 6.07 Å². The van der Waals surface area contributed by atoms with Crippen LogP contribution in [0.4, 0.5) is 18.0 Å². The number of carbonyl (C=O) groups is 2. The van der Waals surface area contributed by atoms with Crippen LogP contribution in [0, 0.1) is 0 Å². The Hall–Kier alpha value is -2.29. The number of alkyl halides is 3. The van der Waals surface area contributed by atoms with Gasteiger partial charge in [0.1, 0.15) is 5.75 Å². The van der Waals surface area contributed by atoms with E-state index in [-0.39, 0.29) is 37.3 Å². The summed E-state index contributed by atoms with van der Waals surface area (Å²) in [6, 6.07) is 4.65. The van der Waals surface area contributed by atoms with Crippen molar-refractivity contribution in [3.8, 4) is 5.75 Å². The zero-order chi connectivity index (χ0) is 17.7. The molecule has 1 N–H and O–H groups in total. The molecule has 1 fully saturated rings. The molecule has 6 nitrogen and oxygen atoms in total. The second kappa shape index (κ2) is 7.52. The van der Waals surface area contributed by atoms with Crippen molar-refractivity contribution in [2.75, 3.05) is 20.3 Å². The van der Waals surface area contributed by atoms with Crippen molar-refractivity contribution in [3.05, 3.63) is 29.8 Å². The molecule has 0 aromatic heterocycles. The monoisotopic (exact) mass is 346 g/mol. The molecule has 1 aromatic rings. The van der Waals surface area contributed by atoms with Crippen LogP contribution in [0.5, 0.6) is 5.75 Å². The number of halogens is 3. The third-order valence-corrected chi connectivity index (χ3v) is 3.47. The van der Waals surface area contributed by atoms with Gasteiger partial charge in [0.05, 0.1) is 12.6 Å². The molecule has 0 radical (unpaired) electrons. The van der Waals surface area contributed by atoms with Crippen molar-refractivity contribution in [1.29, 1.82) is 0 Å². The summed E-state index contributed by atoms with van der Waals surface area (Å²) in [5.74, 6) is -0.734. The van der Waals surface area contributed by atoms with Gasteiger partial charge in [0, 0.05) is 20.1 Å². The third-order valence-electron chi connectivity index (χ3n) is 3.47. The molecule has 0 saturated carbocycles. The first-order valence-electron chi connectivity index (χ1n) is 7.23. The quantitative estimate of drug-likeness (QED) is 0.856. The minimum atomic E-state index is -4.80. The topological polar surface area (TPSA) is 67.9 Å². The van der Waals surface area contributed by atoms with E-state index in [2.05, 4.69) is 10.1 Å². The number of imide groups is 1. The second-order valence-electron chi connectivity index (χ2n) is 5.26. The maximum absolute atomic E-state index is 12.4. The highest BCUT2D eigenvalue weighted by Gasteiger charge is 2.33. The Morgan fingerprint density at radius 1 is 1.29 bits per heavy atom. The van der Waals surface area contributed by atoms with Gasteiger partial charge in [-0.1, -0.05) is 18.2 Å². The number of hydrogen-bond donors (Lipinski definition) is 1. The highest BCUT2D eigenvalue weighted by molar-refractivity contribution is 5.97. The second-order valence-corrected chi connectivity index (χ2v) is 5.26. The number of nitrogens with zero attached hydrogens (tertiary/aromatic N) is 1. The summed E-state index contributed by atoms with van der Waals surface area (Å²) < 4.78 is 46.0. The zero-order valence-electron chi connectivity index (χ0n) is 12.9. The Labute approximate surface area is 136 Å². The van der Waals surface area contributed by atoms with Crippen molar-refractivity contribution in [2.24, 2.45) is 0 Å². The van der Waals surface area contributed by atoms with E-state index in [0.29, 0.717) is 0 Å². The number of rotatable bonds is 6. The number of urea groups is 1. The molecular weight excluding hydrogens is 329 g/mol. The number of carbonyl (C=O) groups excluding carboxylic acids is 2. The number of para-hydroxylation sites is 1. The summed E-state index contributed by atoms with van der Waals surface area (Å²) >= 11 is 0. The van der Waals surface area contributed by atoms with Gasteiger partial charge in [-0.15, -0.1) is 13.2 Å². The minimum absolute atomic E-state index is 0.0391. The predicted octanol–water partition coefficient (Wildman–Crippen LogP) is 2.08. The largest absolute Gasteiger partial charge is 0.573 e. The lowest BCUT2D eigenvalue weighted by atomic mass is 10.1. The van der Waals surface area contributed by atoms with Gasteiger partial charge in [-0.2, -0.15) is 0 Å². The first-order chi connectivity index (χ1) is 11.3. The third kappa shape index (κ3) is 4.85. The molecular formula is C15H17F3N2O4. The van der Waals surface area contributed by atoms with Gasteiger partial charge in [0.25, 0.3) is 0 Å². The normalized spacial score (nSPS) is 18.5. The average Bonchev–Trinajstić information content (AvgIpc) is 2.47. The van der Waals surface area contributed by atoms with Crippen molar-refractivity contribution in [1.82, 2.24) is 10.2 Å².